The van der Waals surface area contributed by atoms with E-state index in [9.17, 15) is 19.2 Å². The van der Waals surface area contributed by atoms with Crippen LogP contribution in [0.2, 0.25) is 0 Å². The third-order valence-corrected chi connectivity index (χ3v) is 6.48. The summed E-state index contributed by atoms with van der Waals surface area (Å²) >= 11 is 2.25. The van der Waals surface area contributed by atoms with Crippen molar-refractivity contribution in [2.45, 2.75) is 26.9 Å². The number of esters is 1. The molecule has 3 aromatic heterocycles. The van der Waals surface area contributed by atoms with Gasteiger partial charge in [-0.25, -0.2) is 4.79 Å². The Morgan fingerprint density at radius 3 is 2.55 bits per heavy atom. The van der Waals surface area contributed by atoms with Crippen LogP contribution in [0.1, 0.15) is 59.7 Å². The van der Waals surface area contributed by atoms with Gasteiger partial charge in [0, 0.05) is 0 Å². The Labute approximate surface area is 186 Å². The molecule has 0 spiro atoms. The number of rotatable bonds is 9. The number of Topliss-reactive ketones (excluding diaryl/α,β-unsaturated/α-hetero) is 2. The third kappa shape index (κ3) is 4.92. The quantitative estimate of drug-likeness (QED) is 0.280. The van der Waals surface area contributed by atoms with Crippen molar-refractivity contribution in [3.8, 4) is 0 Å². The first-order chi connectivity index (χ1) is 14.8. The molecule has 0 saturated carbocycles. The van der Waals surface area contributed by atoms with E-state index in [0.717, 1.165) is 11.3 Å². The van der Waals surface area contributed by atoms with Crippen LogP contribution in [0.4, 0.5) is 5.00 Å². The SMILES string of the molecule is CCOC(=O)c1c(N[C@H](NC(=O)c2ccco2)C(=O)c2cccs2)sc(C(C)=O)c1C. The molecule has 0 saturated heterocycles. The first-order valence-electron chi connectivity index (χ1n) is 9.33. The number of furan rings is 1. The van der Waals surface area contributed by atoms with Crippen LogP contribution in [0, 0.1) is 6.92 Å². The average Bonchev–Trinajstić information content (AvgIpc) is 3.48. The molecule has 0 radical (unpaired) electrons. The van der Waals surface area contributed by atoms with E-state index >= 15 is 0 Å². The molecule has 0 fully saturated rings. The van der Waals surface area contributed by atoms with Gasteiger partial charge in [-0.15, -0.1) is 22.7 Å². The highest BCUT2D eigenvalue weighted by molar-refractivity contribution is 7.18. The fourth-order valence-electron chi connectivity index (χ4n) is 2.87. The lowest BCUT2D eigenvalue weighted by molar-refractivity contribution is 0.0526. The maximum absolute atomic E-state index is 13.1. The van der Waals surface area contributed by atoms with E-state index in [2.05, 4.69) is 10.6 Å². The van der Waals surface area contributed by atoms with E-state index in [1.807, 2.05) is 0 Å². The largest absolute Gasteiger partial charge is 0.462 e. The van der Waals surface area contributed by atoms with Gasteiger partial charge in [0.2, 0.25) is 5.78 Å². The minimum absolute atomic E-state index is 0.0307. The van der Waals surface area contributed by atoms with E-state index in [1.165, 1.54) is 30.6 Å². The van der Waals surface area contributed by atoms with Crippen LogP contribution in [-0.2, 0) is 4.74 Å². The van der Waals surface area contributed by atoms with Crippen molar-refractivity contribution in [3.05, 3.63) is 62.6 Å². The van der Waals surface area contributed by atoms with E-state index < -0.39 is 23.8 Å². The second-order valence-corrected chi connectivity index (χ2v) is 8.37. The molecule has 0 aliphatic carbocycles. The second-order valence-electron chi connectivity index (χ2n) is 6.41. The molecule has 1 amide bonds. The zero-order valence-corrected chi connectivity index (χ0v) is 18.6. The Morgan fingerprint density at radius 1 is 1.19 bits per heavy atom. The lowest BCUT2D eigenvalue weighted by Crippen LogP contribution is -2.46. The topological polar surface area (TPSA) is 115 Å². The highest BCUT2D eigenvalue weighted by Crippen LogP contribution is 2.34. The van der Waals surface area contributed by atoms with E-state index in [4.69, 9.17) is 9.15 Å². The molecule has 8 nitrogen and oxygen atoms in total. The summed E-state index contributed by atoms with van der Waals surface area (Å²) in [6.07, 6.45) is 0.140. The van der Waals surface area contributed by atoms with Gasteiger partial charge >= 0.3 is 5.97 Å². The van der Waals surface area contributed by atoms with Gasteiger partial charge in [-0.2, -0.15) is 0 Å². The lowest BCUT2D eigenvalue weighted by atomic mass is 10.1. The minimum atomic E-state index is -1.21. The van der Waals surface area contributed by atoms with Crippen LogP contribution in [0.3, 0.4) is 0 Å². The first kappa shape index (κ1) is 22.4. The molecule has 0 aromatic carbocycles. The molecule has 3 heterocycles. The number of ketones is 2. The number of amides is 1. The predicted molar refractivity (Wildman–Crippen MR) is 117 cm³/mol. The number of hydrogen-bond acceptors (Lipinski definition) is 9. The number of hydrogen-bond donors (Lipinski definition) is 2. The monoisotopic (exact) mass is 460 g/mol. The maximum Gasteiger partial charge on any atom is 0.341 e. The number of thiophene rings is 2. The molecule has 2 N–H and O–H groups in total. The van der Waals surface area contributed by atoms with Crippen LogP contribution < -0.4 is 10.6 Å². The van der Waals surface area contributed by atoms with Crippen LogP contribution >= 0.6 is 22.7 Å². The van der Waals surface area contributed by atoms with Crippen molar-refractivity contribution in [1.82, 2.24) is 5.32 Å². The fraction of sp³-hybridized carbons (Fsp3) is 0.238. The van der Waals surface area contributed by atoms with E-state index in [1.54, 1.807) is 37.4 Å². The molecule has 162 valence electrons. The van der Waals surface area contributed by atoms with Gasteiger partial charge in [-0.3, -0.25) is 14.4 Å². The van der Waals surface area contributed by atoms with Gasteiger partial charge in [0.05, 0.1) is 28.2 Å². The number of anilines is 1. The fourth-order valence-corrected chi connectivity index (χ4v) is 4.68. The highest BCUT2D eigenvalue weighted by Gasteiger charge is 2.30. The normalized spacial score (nSPS) is 11.6. The molecule has 1 atom stereocenters. The highest BCUT2D eigenvalue weighted by atomic mass is 32.1. The zero-order valence-electron chi connectivity index (χ0n) is 17.0. The van der Waals surface area contributed by atoms with Crippen molar-refractivity contribution in [2.75, 3.05) is 11.9 Å². The Morgan fingerprint density at radius 2 is 1.97 bits per heavy atom. The first-order valence-corrected chi connectivity index (χ1v) is 11.0. The lowest BCUT2D eigenvalue weighted by Gasteiger charge is -2.19. The van der Waals surface area contributed by atoms with Gasteiger partial charge in [0.15, 0.2) is 17.7 Å². The number of carbonyl (C=O) groups excluding carboxylic acids is 4. The summed E-state index contributed by atoms with van der Waals surface area (Å²) in [5.74, 6) is -1.82. The van der Waals surface area contributed by atoms with E-state index in [-0.39, 0.29) is 28.7 Å². The van der Waals surface area contributed by atoms with Crippen LogP contribution in [-0.4, -0.2) is 36.2 Å². The summed E-state index contributed by atoms with van der Waals surface area (Å²) in [5.41, 5.74) is 0.617. The third-order valence-electron chi connectivity index (χ3n) is 4.27. The minimum Gasteiger partial charge on any atom is -0.462 e. The number of carbonyl (C=O) groups is 4. The summed E-state index contributed by atoms with van der Waals surface area (Å²) in [4.78, 5) is 51.0. The van der Waals surface area contributed by atoms with Crippen LogP contribution in [0.15, 0.2) is 40.3 Å². The maximum atomic E-state index is 13.1. The number of nitrogens with one attached hydrogen (secondary N) is 2. The molecular weight excluding hydrogens is 440 g/mol. The van der Waals surface area contributed by atoms with Gasteiger partial charge < -0.3 is 19.8 Å². The van der Waals surface area contributed by atoms with Gasteiger partial charge in [-0.05, 0) is 49.9 Å². The van der Waals surface area contributed by atoms with Crippen molar-refractivity contribution < 1.29 is 28.3 Å². The van der Waals surface area contributed by atoms with Crippen molar-refractivity contribution in [1.29, 1.82) is 0 Å². The summed E-state index contributed by atoms with van der Waals surface area (Å²) in [6.45, 7) is 4.85. The Hall–Kier alpha value is -3.24. The molecular formula is C21H20N2O6S2. The Balaban J connectivity index is 1.99. The van der Waals surface area contributed by atoms with Crippen molar-refractivity contribution in [3.63, 3.8) is 0 Å². The van der Waals surface area contributed by atoms with E-state index in [0.29, 0.717) is 15.3 Å². The molecule has 31 heavy (non-hydrogen) atoms. The average molecular weight is 461 g/mol. The summed E-state index contributed by atoms with van der Waals surface area (Å²) in [6, 6.07) is 6.37. The second kappa shape index (κ2) is 9.71. The van der Waals surface area contributed by atoms with Gasteiger partial charge in [-0.1, -0.05) is 6.07 Å². The zero-order chi connectivity index (χ0) is 22.5. The standard InChI is InChI=1S/C21H20N2O6S2/c1-4-28-21(27)15-11(2)17(12(3)24)31-20(15)23-18(16(25)14-8-6-10-30-14)22-19(26)13-7-5-9-29-13/h5-10,18,23H,4H2,1-3H3,(H,22,26)/t18-/m0/s1. The smallest absolute Gasteiger partial charge is 0.341 e. The van der Waals surface area contributed by atoms with Crippen molar-refractivity contribution >= 4 is 51.1 Å². The molecule has 3 rings (SSSR count). The summed E-state index contributed by atoms with van der Waals surface area (Å²) in [7, 11) is 0. The molecule has 10 heteroatoms. The van der Waals surface area contributed by atoms with Crippen LogP contribution in [0.5, 0.6) is 0 Å². The summed E-state index contributed by atoms with van der Waals surface area (Å²) in [5, 5.41) is 7.53. The molecule has 0 bridgehead atoms. The van der Waals surface area contributed by atoms with Crippen molar-refractivity contribution in [2.24, 2.45) is 0 Å². The Kier molecular flexibility index (Phi) is 7.03. The Bertz CT molecular complexity index is 1100. The van der Waals surface area contributed by atoms with Crippen LogP contribution in [0.25, 0.3) is 0 Å². The molecule has 3 aromatic rings. The summed E-state index contributed by atoms with van der Waals surface area (Å²) < 4.78 is 10.2. The molecule has 0 aliphatic heterocycles. The van der Waals surface area contributed by atoms with Gasteiger partial charge in [0.1, 0.15) is 5.00 Å². The molecule has 0 aliphatic rings. The number of ether oxygens (including phenoxy) is 1. The molecule has 0 unspecified atom stereocenters. The predicted octanol–water partition coefficient (Wildman–Crippen LogP) is 4.14. The van der Waals surface area contributed by atoms with Gasteiger partial charge in [0.25, 0.3) is 5.91 Å².